The van der Waals surface area contributed by atoms with Crippen molar-refractivity contribution in [1.29, 1.82) is 0 Å². The fourth-order valence-corrected chi connectivity index (χ4v) is 3.17. The van der Waals surface area contributed by atoms with Gasteiger partial charge in [0.25, 0.3) is 0 Å². The molecule has 1 aromatic rings. The minimum atomic E-state index is 0.415. The number of methoxy groups -OCH3 is 1. The van der Waals surface area contributed by atoms with Gasteiger partial charge in [0, 0.05) is 19.7 Å². The summed E-state index contributed by atoms with van der Waals surface area (Å²) in [6.45, 7) is 0.997. The first-order chi connectivity index (χ1) is 8.88. The van der Waals surface area contributed by atoms with Gasteiger partial charge in [-0.05, 0) is 49.1 Å². The van der Waals surface area contributed by atoms with Crippen LogP contribution in [0.15, 0.2) is 24.3 Å². The molecule has 2 atom stereocenters. The fourth-order valence-electron chi connectivity index (χ4n) is 3.17. The summed E-state index contributed by atoms with van der Waals surface area (Å²) in [6, 6.07) is 9.45. The van der Waals surface area contributed by atoms with E-state index in [4.69, 9.17) is 4.74 Å². The molecule has 2 saturated carbocycles. The Kier molecular flexibility index (Phi) is 3.67. The summed E-state index contributed by atoms with van der Waals surface area (Å²) in [5, 5.41) is 3.70. The predicted molar refractivity (Wildman–Crippen MR) is 73.7 cm³/mol. The molecule has 2 heteroatoms. The standard InChI is InChI=1S/C16H23NO/c1-18-16-8-4-7-15(16)17-11-13-5-2-3-6-14(13)12-9-10-12/h2-3,5-6,12,15-17H,4,7-11H2,1H3. The molecule has 0 aliphatic heterocycles. The van der Waals surface area contributed by atoms with E-state index in [9.17, 15) is 0 Å². The smallest absolute Gasteiger partial charge is 0.0724 e. The van der Waals surface area contributed by atoms with Gasteiger partial charge in [-0.2, -0.15) is 0 Å². The lowest BCUT2D eigenvalue weighted by Crippen LogP contribution is -2.36. The first kappa shape index (κ1) is 12.2. The van der Waals surface area contributed by atoms with Crippen molar-refractivity contribution in [1.82, 2.24) is 5.32 Å². The van der Waals surface area contributed by atoms with Gasteiger partial charge in [-0.1, -0.05) is 24.3 Å². The van der Waals surface area contributed by atoms with Gasteiger partial charge < -0.3 is 10.1 Å². The van der Waals surface area contributed by atoms with Gasteiger partial charge in [-0.25, -0.2) is 0 Å². The number of hydrogen-bond acceptors (Lipinski definition) is 2. The maximum Gasteiger partial charge on any atom is 0.0724 e. The number of hydrogen-bond donors (Lipinski definition) is 1. The van der Waals surface area contributed by atoms with Gasteiger partial charge >= 0.3 is 0 Å². The molecule has 0 bridgehead atoms. The molecule has 1 N–H and O–H groups in total. The lowest BCUT2D eigenvalue weighted by atomic mass is 10.0. The van der Waals surface area contributed by atoms with Crippen LogP contribution in [0.3, 0.4) is 0 Å². The number of ether oxygens (including phenoxy) is 1. The van der Waals surface area contributed by atoms with Crippen LogP contribution in [-0.4, -0.2) is 19.3 Å². The normalized spacial score (nSPS) is 27.6. The molecular formula is C16H23NO. The Morgan fingerprint density at radius 3 is 2.78 bits per heavy atom. The van der Waals surface area contributed by atoms with Crippen molar-refractivity contribution in [3.63, 3.8) is 0 Å². The summed E-state index contributed by atoms with van der Waals surface area (Å²) < 4.78 is 5.54. The maximum atomic E-state index is 5.54. The van der Waals surface area contributed by atoms with E-state index in [0.717, 1.165) is 12.5 Å². The molecule has 0 spiro atoms. The Labute approximate surface area is 110 Å². The second kappa shape index (κ2) is 5.41. The third kappa shape index (κ3) is 2.60. The van der Waals surface area contributed by atoms with Crippen molar-refractivity contribution in [3.05, 3.63) is 35.4 Å². The fraction of sp³-hybridized carbons (Fsp3) is 0.625. The van der Waals surface area contributed by atoms with E-state index in [0.29, 0.717) is 12.1 Å². The Morgan fingerprint density at radius 2 is 2.00 bits per heavy atom. The molecule has 0 saturated heterocycles. The van der Waals surface area contributed by atoms with E-state index in [1.54, 1.807) is 5.56 Å². The second-order valence-corrected chi connectivity index (χ2v) is 5.67. The summed E-state index contributed by atoms with van der Waals surface area (Å²) >= 11 is 0. The highest BCUT2D eigenvalue weighted by Crippen LogP contribution is 2.41. The van der Waals surface area contributed by atoms with Crippen LogP contribution in [0.5, 0.6) is 0 Å². The zero-order valence-corrected chi connectivity index (χ0v) is 11.2. The summed E-state index contributed by atoms with van der Waals surface area (Å²) in [5.41, 5.74) is 3.05. The minimum absolute atomic E-state index is 0.415. The Morgan fingerprint density at radius 1 is 1.17 bits per heavy atom. The van der Waals surface area contributed by atoms with Crippen LogP contribution in [0, 0.1) is 0 Å². The molecule has 2 fully saturated rings. The van der Waals surface area contributed by atoms with Gasteiger partial charge in [0.2, 0.25) is 0 Å². The molecule has 2 aliphatic rings. The molecule has 18 heavy (non-hydrogen) atoms. The third-order valence-electron chi connectivity index (χ3n) is 4.38. The van der Waals surface area contributed by atoms with E-state index >= 15 is 0 Å². The van der Waals surface area contributed by atoms with E-state index in [2.05, 4.69) is 29.6 Å². The molecule has 98 valence electrons. The summed E-state index contributed by atoms with van der Waals surface area (Å²) in [5.74, 6) is 0.838. The van der Waals surface area contributed by atoms with Crippen molar-refractivity contribution in [2.24, 2.45) is 0 Å². The van der Waals surface area contributed by atoms with Gasteiger partial charge in [0.15, 0.2) is 0 Å². The van der Waals surface area contributed by atoms with Crippen molar-refractivity contribution >= 4 is 0 Å². The molecule has 1 aromatic carbocycles. The van der Waals surface area contributed by atoms with Crippen molar-refractivity contribution < 1.29 is 4.74 Å². The topological polar surface area (TPSA) is 21.3 Å². The first-order valence-electron chi connectivity index (χ1n) is 7.22. The summed E-state index contributed by atoms with van der Waals surface area (Å²) in [7, 11) is 1.84. The second-order valence-electron chi connectivity index (χ2n) is 5.67. The SMILES string of the molecule is COC1CCCC1NCc1ccccc1C1CC1. The van der Waals surface area contributed by atoms with Crippen LogP contribution in [0.25, 0.3) is 0 Å². The molecular weight excluding hydrogens is 222 g/mol. The molecule has 0 heterocycles. The number of nitrogens with one attached hydrogen (secondary N) is 1. The molecule has 0 radical (unpaired) electrons. The predicted octanol–water partition coefficient (Wildman–Crippen LogP) is 3.22. The lowest BCUT2D eigenvalue weighted by molar-refractivity contribution is 0.0847. The monoisotopic (exact) mass is 245 g/mol. The Balaban J connectivity index is 1.62. The van der Waals surface area contributed by atoms with Crippen LogP contribution >= 0.6 is 0 Å². The zero-order valence-electron chi connectivity index (χ0n) is 11.2. The first-order valence-corrected chi connectivity index (χ1v) is 7.22. The highest BCUT2D eigenvalue weighted by Gasteiger charge is 2.28. The Bertz CT molecular complexity index is 400. The molecule has 2 aliphatic carbocycles. The van der Waals surface area contributed by atoms with Crippen LogP contribution in [0.2, 0.25) is 0 Å². The largest absolute Gasteiger partial charge is 0.380 e. The molecule has 2 nitrogen and oxygen atoms in total. The number of rotatable bonds is 5. The zero-order chi connectivity index (χ0) is 12.4. The third-order valence-corrected chi connectivity index (χ3v) is 4.38. The highest BCUT2D eigenvalue weighted by atomic mass is 16.5. The molecule has 2 unspecified atom stereocenters. The van der Waals surface area contributed by atoms with Crippen molar-refractivity contribution in [2.75, 3.05) is 7.11 Å². The Hall–Kier alpha value is -0.860. The van der Waals surface area contributed by atoms with Crippen molar-refractivity contribution in [2.45, 2.75) is 56.7 Å². The molecule has 0 amide bonds. The van der Waals surface area contributed by atoms with Crippen LogP contribution in [0.1, 0.15) is 49.1 Å². The van der Waals surface area contributed by atoms with E-state index < -0.39 is 0 Å². The van der Waals surface area contributed by atoms with Gasteiger partial charge in [-0.15, -0.1) is 0 Å². The van der Waals surface area contributed by atoms with E-state index in [1.165, 1.54) is 37.7 Å². The molecule has 3 rings (SSSR count). The van der Waals surface area contributed by atoms with Gasteiger partial charge in [0.05, 0.1) is 6.10 Å². The van der Waals surface area contributed by atoms with Crippen LogP contribution in [-0.2, 0) is 11.3 Å². The quantitative estimate of drug-likeness (QED) is 0.860. The minimum Gasteiger partial charge on any atom is -0.380 e. The summed E-state index contributed by atoms with van der Waals surface area (Å²) in [6.07, 6.45) is 6.92. The van der Waals surface area contributed by atoms with Crippen LogP contribution < -0.4 is 5.32 Å². The average molecular weight is 245 g/mol. The van der Waals surface area contributed by atoms with E-state index in [-0.39, 0.29) is 0 Å². The number of benzene rings is 1. The summed E-state index contributed by atoms with van der Waals surface area (Å²) in [4.78, 5) is 0. The van der Waals surface area contributed by atoms with Gasteiger partial charge in [0.1, 0.15) is 0 Å². The van der Waals surface area contributed by atoms with E-state index in [1.807, 2.05) is 7.11 Å². The average Bonchev–Trinajstić information content (AvgIpc) is 3.15. The lowest BCUT2D eigenvalue weighted by Gasteiger charge is -2.20. The highest BCUT2D eigenvalue weighted by molar-refractivity contribution is 5.33. The van der Waals surface area contributed by atoms with Crippen LogP contribution in [0.4, 0.5) is 0 Å². The molecule has 0 aromatic heterocycles. The van der Waals surface area contributed by atoms with Crippen molar-refractivity contribution in [3.8, 4) is 0 Å². The van der Waals surface area contributed by atoms with Gasteiger partial charge in [-0.3, -0.25) is 0 Å². The maximum absolute atomic E-state index is 5.54.